The number of carbonyl (C=O) groups excluding carboxylic acids is 1. The van der Waals surface area contributed by atoms with Crippen molar-refractivity contribution in [3.63, 3.8) is 0 Å². The van der Waals surface area contributed by atoms with Gasteiger partial charge in [0.15, 0.2) is 0 Å². The van der Waals surface area contributed by atoms with E-state index in [1.807, 2.05) is 23.1 Å². The van der Waals surface area contributed by atoms with E-state index in [-0.39, 0.29) is 12.5 Å². The molecule has 2 aliphatic rings. The van der Waals surface area contributed by atoms with E-state index in [4.69, 9.17) is 15.2 Å². The first kappa shape index (κ1) is 16.4. The zero-order chi connectivity index (χ0) is 16.1. The van der Waals surface area contributed by atoms with Gasteiger partial charge in [-0.2, -0.15) is 0 Å². The van der Waals surface area contributed by atoms with E-state index in [1.54, 1.807) is 0 Å². The number of nitrogens with zero attached hydrogens (tertiary/aromatic N) is 1. The average Bonchev–Trinajstić information content (AvgIpc) is 3.25. The summed E-state index contributed by atoms with van der Waals surface area (Å²) in [5.74, 6) is 1.16. The lowest BCUT2D eigenvalue weighted by Gasteiger charge is -2.17. The van der Waals surface area contributed by atoms with Crippen LogP contribution in [0.5, 0.6) is 0 Å². The molecule has 2 heterocycles. The van der Waals surface area contributed by atoms with Crippen LogP contribution in [-0.4, -0.2) is 56.9 Å². The van der Waals surface area contributed by atoms with Crippen LogP contribution in [-0.2, 0) is 14.3 Å². The van der Waals surface area contributed by atoms with Crippen molar-refractivity contribution in [1.82, 2.24) is 4.90 Å². The van der Waals surface area contributed by atoms with Crippen LogP contribution in [0.3, 0.4) is 0 Å². The molecule has 0 bridgehead atoms. The highest BCUT2D eigenvalue weighted by Gasteiger charge is 2.35. The van der Waals surface area contributed by atoms with Gasteiger partial charge in [-0.05, 0) is 24.4 Å². The number of amides is 1. The van der Waals surface area contributed by atoms with Gasteiger partial charge in [0.05, 0.1) is 13.2 Å². The second kappa shape index (κ2) is 7.90. The molecular formula is C18H26N2O3. The highest BCUT2D eigenvalue weighted by Crippen LogP contribution is 2.32. The maximum absolute atomic E-state index is 12.4. The van der Waals surface area contributed by atoms with Gasteiger partial charge in [0.1, 0.15) is 6.61 Å². The largest absolute Gasteiger partial charge is 0.381 e. The van der Waals surface area contributed by atoms with Gasteiger partial charge < -0.3 is 20.1 Å². The van der Waals surface area contributed by atoms with Gasteiger partial charge in [0.2, 0.25) is 5.91 Å². The Morgan fingerprint density at radius 2 is 2.13 bits per heavy atom. The summed E-state index contributed by atoms with van der Waals surface area (Å²) in [4.78, 5) is 14.3. The Labute approximate surface area is 137 Å². The van der Waals surface area contributed by atoms with E-state index >= 15 is 0 Å². The Balaban J connectivity index is 1.51. The smallest absolute Gasteiger partial charge is 0.248 e. The lowest BCUT2D eigenvalue weighted by atomic mass is 9.89. The lowest BCUT2D eigenvalue weighted by molar-refractivity contribution is -0.135. The fraction of sp³-hybridized carbons (Fsp3) is 0.611. The third-order valence-corrected chi connectivity index (χ3v) is 4.93. The summed E-state index contributed by atoms with van der Waals surface area (Å²) in [6, 6.07) is 10.3. The summed E-state index contributed by atoms with van der Waals surface area (Å²) in [5.41, 5.74) is 7.19. The standard InChI is InChI=1S/C18H26N2O3/c19-8-16-9-20(10-17(16)15-4-2-1-3-5-15)18(21)13-23-12-14-6-7-22-11-14/h1-5,14,16-17H,6-13,19H2/t14?,16-,17+/m1/s1. The first-order valence-corrected chi connectivity index (χ1v) is 8.46. The van der Waals surface area contributed by atoms with Crippen molar-refractivity contribution in [2.24, 2.45) is 17.6 Å². The quantitative estimate of drug-likeness (QED) is 0.857. The van der Waals surface area contributed by atoms with Gasteiger partial charge in [-0.15, -0.1) is 0 Å². The molecule has 5 heteroatoms. The van der Waals surface area contributed by atoms with Crippen molar-refractivity contribution >= 4 is 5.91 Å². The first-order chi connectivity index (χ1) is 11.3. The average molecular weight is 318 g/mol. The van der Waals surface area contributed by atoms with Crippen LogP contribution >= 0.6 is 0 Å². The van der Waals surface area contributed by atoms with Crippen LogP contribution in [0.25, 0.3) is 0 Å². The highest BCUT2D eigenvalue weighted by molar-refractivity contribution is 5.78. The van der Waals surface area contributed by atoms with Crippen LogP contribution in [0.2, 0.25) is 0 Å². The Hall–Kier alpha value is -1.43. The molecule has 0 saturated carbocycles. The van der Waals surface area contributed by atoms with Gasteiger partial charge in [0.25, 0.3) is 0 Å². The van der Waals surface area contributed by atoms with E-state index in [1.165, 1.54) is 5.56 Å². The molecule has 3 rings (SSSR count). The predicted octanol–water partition coefficient (Wildman–Crippen LogP) is 1.24. The molecule has 2 aliphatic heterocycles. The molecule has 1 amide bonds. The lowest BCUT2D eigenvalue weighted by Crippen LogP contribution is -2.33. The fourth-order valence-electron chi connectivity index (χ4n) is 3.51. The van der Waals surface area contributed by atoms with Gasteiger partial charge >= 0.3 is 0 Å². The molecule has 0 radical (unpaired) electrons. The number of hydrogen-bond acceptors (Lipinski definition) is 4. The van der Waals surface area contributed by atoms with Crippen molar-refractivity contribution < 1.29 is 14.3 Å². The van der Waals surface area contributed by atoms with E-state index in [9.17, 15) is 4.79 Å². The monoisotopic (exact) mass is 318 g/mol. The van der Waals surface area contributed by atoms with Crippen molar-refractivity contribution in [2.75, 3.05) is 46.1 Å². The molecule has 1 unspecified atom stereocenters. The molecule has 1 aromatic rings. The number of ether oxygens (including phenoxy) is 2. The molecule has 2 fully saturated rings. The summed E-state index contributed by atoms with van der Waals surface area (Å²) in [7, 11) is 0. The molecule has 0 aromatic heterocycles. The van der Waals surface area contributed by atoms with Gasteiger partial charge in [-0.25, -0.2) is 0 Å². The molecular weight excluding hydrogens is 292 g/mol. The van der Waals surface area contributed by atoms with Crippen molar-refractivity contribution in [3.8, 4) is 0 Å². The zero-order valence-corrected chi connectivity index (χ0v) is 13.5. The van der Waals surface area contributed by atoms with Gasteiger partial charge in [-0.1, -0.05) is 30.3 Å². The number of likely N-dealkylation sites (tertiary alicyclic amines) is 1. The van der Waals surface area contributed by atoms with Gasteiger partial charge in [0, 0.05) is 31.5 Å². The minimum absolute atomic E-state index is 0.0702. The number of carbonyl (C=O) groups is 1. The Morgan fingerprint density at radius 3 is 2.83 bits per heavy atom. The second-order valence-electron chi connectivity index (χ2n) is 6.56. The molecule has 126 valence electrons. The van der Waals surface area contributed by atoms with Crippen molar-refractivity contribution in [1.29, 1.82) is 0 Å². The number of hydrogen-bond donors (Lipinski definition) is 1. The molecule has 3 atom stereocenters. The minimum Gasteiger partial charge on any atom is -0.381 e. The predicted molar refractivity (Wildman–Crippen MR) is 88.1 cm³/mol. The Bertz CT molecular complexity index is 502. The third kappa shape index (κ3) is 4.10. The summed E-state index contributed by atoms with van der Waals surface area (Å²) >= 11 is 0. The summed E-state index contributed by atoms with van der Waals surface area (Å²) in [6.07, 6.45) is 1.03. The van der Waals surface area contributed by atoms with Crippen molar-refractivity contribution in [3.05, 3.63) is 35.9 Å². The number of nitrogens with two attached hydrogens (primary N) is 1. The van der Waals surface area contributed by atoms with Crippen LogP contribution < -0.4 is 5.73 Å². The molecule has 23 heavy (non-hydrogen) atoms. The van der Waals surface area contributed by atoms with E-state index in [2.05, 4.69) is 12.1 Å². The third-order valence-electron chi connectivity index (χ3n) is 4.93. The van der Waals surface area contributed by atoms with E-state index in [0.717, 1.165) is 32.7 Å². The normalized spacial score (nSPS) is 27.5. The SMILES string of the molecule is NC[C@@H]1CN(C(=O)COCC2CCOC2)C[C@H]1c1ccccc1. The summed E-state index contributed by atoms with van der Waals surface area (Å²) in [6.45, 7) is 4.40. The molecule has 1 aromatic carbocycles. The molecule has 0 spiro atoms. The molecule has 0 aliphatic carbocycles. The summed E-state index contributed by atoms with van der Waals surface area (Å²) in [5, 5.41) is 0. The molecule has 2 saturated heterocycles. The number of rotatable bonds is 6. The topological polar surface area (TPSA) is 64.8 Å². The molecule has 2 N–H and O–H groups in total. The van der Waals surface area contributed by atoms with E-state index in [0.29, 0.717) is 30.9 Å². The second-order valence-corrected chi connectivity index (χ2v) is 6.56. The minimum atomic E-state index is 0.0702. The first-order valence-electron chi connectivity index (χ1n) is 8.46. The van der Waals surface area contributed by atoms with Crippen molar-refractivity contribution in [2.45, 2.75) is 12.3 Å². The van der Waals surface area contributed by atoms with Gasteiger partial charge in [-0.3, -0.25) is 4.79 Å². The fourth-order valence-corrected chi connectivity index (χ4v) is 3.51. The van der Waals surface area contributed by atoms with Crippen LogP contribution in [0.15, 0.2) is 30.3 Å². The maximum atomic E-state index is 12.4. The highest BCUT2D eigenvalue weighted by atomic mass is 16.5. The summed E-state index contributed by atoms with van der Waals surface area (Å²) < 4.78 is 10.9. The van der Waals surface area contributed by atoms with Crippen LogP contribution in [0.1, 0.15) is 17.9 Å². The Kier molecular flexibility index (Phi) is 5.65. The molecule has 5 nitrogen and oxygen atoms in total. The maximum Gasteiger partial charge on any atom is 0.248 e. The number of benzene rings is 1. The van der Waals surface area contributed by atoms with Crippen LogP contribution in [0.4, 0.5) is 0 Å². The van der Waals surface area contributed by atoms with Crippen LogP contribution in [0, 0.1) is 11.8 Å². The zero-order valence-electron chi connectivity index (χ0n) is 13.5. The Morgan fingerprint density at radius 1 is 1.30 bits per heavy atom. The van der Waals surface area contributed by atoms with E-state index < -0.39 is 0 Å².